The summed E-state index contributed by atoms with van der Waals surface area (Å²) < 4.78 is 46.1. The number of hydrogen-bond acceptors (Lipinski definition) is 4. The molecule has 25 heavy (non-hydrogen) atoms. The van der Waals surface area contributed by atoms with Crippen LogP contribution in [-0.2, 0) is 4.74 Å². The number of nitrogens with one attached hydrogen (secondary N) is 1. The van der Waals surface area contributed by atoms with Gasteiger partial charge < -0.3 is 14.8 Å². The van der Waals surface area contributed by atoms with Crippen molar-refractivity contribution in [3.63, 3.8) is 0 Å². The SMILES string of the molecule is COC(=O)c1ccc(C(=O)Nc2ccccc2OCC(F)(F)F)cc1. The summed E-state index contributed by atoms with van der Waals surface area (Å²) in [6, 6.07) is 11.4. The van der Waals surface area contributed by atoms with Crippen molar-refractivity contribution in [2.45, 2.75) is 6.18 Å². The number of benzene rings is 2. The Morgan fingerprint density at radius 2 is 1.60 bits per heavy atom. The van der Waals surface area contributed by atoms with Gasteiger partial charge in [0.1, 0.15) is 5.75 Å². The second-order valence-electron chi connectivity index (χ2n) is 4.92. The third-order valence-electron chi connectivity index (χ3n) is 3.09. The highest BCUT2D eigenvalue weighted by Crippen LogP contribution is 2.26. The van der Waals surface area contributed by atoms with Crippen LogP contribution in [0.25, 0.3) is 0 Å². The maximum Gasteiger partial charge on any atom is 0.422 e. The van der Waals surface area contributed by atoms with Gasteiger partial charge in [0.2, 0.25) is 0 Å². The molecule has 0 spiro atoms. The van der Waals surface area contributed by atoms with E-state index < -0.39 is 24.7 Å². The fraction of sp³-hybridized carbons (Fsp3) is 0.176. The Kier molecular flexibility index (Phi) is 5.63. The van der Waals surface area contributed by atoms with Crippen LogP contribution in [0.5, 0.6) is 5.75 Å². The van der Waals surface area contributed by atoms with Crippen molar-refractivity contribution in [3.05, 3.63) is 59.7 Å². The zero-order chi connectivity index (χ0) is 18.4. The molecule has 0 aliphatic heterocycles. The number of halogens is 3. The van der Waals surface area contributed by atoms with Gasteiger partial charge in [0, 0.05) is 5.56 Å². The zero-order valence-electron chi connectivity index (χ0n) is 13.1. The highest BCUT2D eigenvalue weighted by atomic mass is 19.4. The average Bonchev–Trinajstić information content (AvgIpc) is 2.59. The topological polar surface area (TPSA) is 64.6 Å². The summed E-state index contributed by atoms with van der Waals surface area (Å²) in [4.78, 5) is 23.6. The first-order valence-electron chi connectivity index (χ1n) is 7.08. The van der Waals surface area contributed by atoms with Crippen molar-refractivity contribution in [1.29, 1.82) is 0 Å². The molecule has 8 heteroatoms. The number of alkyl halides is 3. The van der Waals surface area contributed by atoms with Gasteiger partial charge in [0.15, 0.2) is 6.61 Å². The maximum atomic E-state index is 12.3. The van der Waals surface area contributed by atoms with E-state index in [1.54, 1.807) is 6.07 Å². The van der Waals surface area contributed by atoms with Crippen molar-refractivity contribution >= 4 is 17.6 Å². The molecule has 0 aliphatic carbocycles. The number of esters is 1. The molecule has 0 aliphatic rings. The van der Waals surface area contributed by atoms with Crippen molar-refractivity contribution in [3.8, 4) is 5.75 Å². The average molecular weight is 353 g/mol. The highest BCUT2D eigenvalue weighted by molar-refractivity contribution is 6.05. The minimum Gasteiger partial charge on any atom is -0.482 e. The van der Waals surface area contributed by atoms with Gasteiger partial charge in [0.05, 0.1) is 18.4 Å². The van der Waals surface area contributed by atoms with Gasteiger partial charge >= 0.3 is 12.1 Å². The number of carbonyl (C=O) groups is 2. The molecule has 1 N–H and O–H groups in total. The van der Waals surface area contributed by atoms with Crippen LogP contribution < -0.4 is 10.1 Å². The van der Waals surface area contributed by atoms with E-state index in [-0.39, 0.29) is 22.6 Å². The summed E-state index contributed by atoms with van der Waals surface area (Å²) in [6.07, 6.45) is -4.49. The van der Waals surface area contributed by atoms with Crippen molar-refractivity contribution < 1.29 is 32.2 Å². The van der Waals surface area contributed by atoms with Gasteiger partial charge in [0.25, 0.3) is 5.91 Å². The number of para-hydroxylation sites is 2. The van der Waals surface area contributed by atoms with Crippen LogP contribution in [0.2, 0.25) is 0 Å². The summed E-state index contributed by atoms with van der Waals surface area (Å²) in [5.41, 5.74) is 0.597. The summed E-state index contributed by atoms with van der Waals surface area (Å²) in [5.74, 6) is -1.20. The third kappa shape index (κ3) is 5.23. The molecule has 0 aromatic heterocycles. The lowest BCUT2D eigenvalue weighted by atomic mass is 10.1. The normalized spacial score (nSPS) is 10.9. The maximum absolute atomic E-state index is 12.3. The van der Waals surface area contributed by atoms with E-state index in [1.165, 1.54) is 49.6 Å². The summed E-state index contributed by atoms with van der Waals surface area (Å²) in [5, 5.41) is 2.48. The number of amides is 1. The van der Waals surface area contributed by atoms with Crippen molar-refractivity contribution in [1.82, 2.24) is 0 Å². The van der Waals surface area contributed by atoms with E-state index in [2.05, 4.69) is 10.1 Å². The molecular formula is C17H14F3NO4. The molecule has 0 atom stereocenters. The summed E-state index contributed by atoms with van der Waals surface area (Å²) >= 11 is 0. The molecule has 0 saturated heterocycles. The molecule has 0 unspecified atom stereocenters. The van der Waals surface area contributed by atoms with Crippen LogP contribution in [-0.4, -0.2) is 31.8 Å². The number of ether oxygens (including phenoxy) is 2. The largest absolute Gasteiger partial charge is 0.482 e. The van der Waals surface area contributed by atoms with Gasteiger partial charge in [-0.3, -0.25) is 4.79 Å². The standard InChI is InChI=1S/C17H14F3NO4/c1-24-16(23)12-8-6-11(7-9-12)15(22)21-13-4-2-3-5-14(13)25-10-17(18,19)20/h2-9H,10H2,1H3,(H,21,22). The molecule has 132 valence electrons. The van der Waals surface area contributed by atoms with E-state index >= 15 is 0 Å². The van der Waals surface area contributed by atoms with Crippen LogP contribution in [0.15, 0.2) is 48.5 Å². The lowest BCUT2D eigenvalue weighted by Crippen LogP contribution is -2.20. The Morgan fingerprint density at radius 3 is 2.20 bits per heavy atom. The quantitative estimate of drug-likeness (QED) is 0.833. The number of carbonyl (C=O) groups excluding carboxylic acids is 2. The second kappa shape index (κ2) is 7.69. The Hall–Kier alpha value is -3.03. The van der Waals surface area contributed by atoms with Crippen molar-refractivity contribution in [2.75, 3.05) is 19.0 Å². The van der Waals surface area contributed by atoms with Crippen LogP contribution >= 0.6 is 0 Å². The van der Waals surface area contributed by atoms with E-state index in [4.69, 9.17) is 4.74 Å². The van der Waals surface area contributed by atoms with Crippen LogP contribution in [0.4, 0.5) is 18.9 Å². The Morgan fingerprint density at radius 1 is 1.00 bits per heavy atom. The van der Waals surface area contributed by atoms with E-state index in [0.29, 0.717) is 0 Å². The predicted octanol–water partition coefficient (Wildman–Crippen LogP) is 3.67. The summed E-state index contributed by atoms with van der Waals surface area (Å²) in [6.45, 7) is -1.46. The van der Waals surface area contributed by atoms with Gasteiger partial charge in [-0.2, -0.15) is 13.2 Å². The van der Waals surface area contributed by atoms with Crippen LogP contribution in [0.1, 0.15) is 20.7 Å². The van der Waals surface area contributed by atoms with Gasteiger partial charge in [-0.05, 0) is 36.4 Å². The van der Waals surface area contributed by atoms with Crippen LogP contribution in [0, 0.1) is 0 Å². The van der Waals surface area contributed by atoms with E-state index in [0.717, 1.165) is 0 Å². The first kappa shape index (κ1) is 18.3. The molecule has 0 fully saturated rings. The first-order valence-corrected chi connectivity index (χ1v) is 7.08. The predicted molar refractivity (Wildman–Crippen MR) is 83.7 cm³/mol. The molecule has 0 heterocycles. The van der Waals surface area contributed by atoms with Crippen LogP contribution in [0.3, 0.4) is 0 Å². The smallest absolute Gasteiger partial charge is 0.422 e. The van der Waals surface area contributed by atoms with Gasteiger partial charge in [-0.15, -0.1) is 0 Å². The molecule has 0 radical (unpaired) electrons. The number of methoxy groups -OCH3 is 1. The molecule has 2 rings (SSSR count). The lowest BCUT2D eigenvalue weighted by Gasteiger charge is -2.13. The molecule has 2 aromatic carbocycles. The number of hydrogen-bond donors (Lipinski definition) is 1. The molecule has 2 aromatic rings. The Bertz CT molecular complexity index is 757. The molecule has 5 nitrogen and oxygen atoms in total. The number of rotatable bonds is 5. The minimum atomic E-state index is -4.49. The lowest BCUT2D eigenvalue weighted by molar-refractivity contribution is -0.153. The highest BCUT2D eigenvalue weighted by Gasteiger charge is 2.28. The third-order valence-corrected chi connectivity index (χ3v) is 3.09. The van der Waals surface area contributed by atoms with Crippen molar-refractivity contribution in [2.24, 2.45) is 0 Å². The van der Waals surface area contributed by atoms with E-state index in [1.807, 2.05) is 0 Å². The fourth-order valence-electron chi connectivity index (χ4n) is 1.93. The molecule has 1 amide bonds. The Balaban J connectivity index is 2.11. The minimum absolute atomic E-state index is 0.0978. The molecule has 0 bridgehead atoms. The zero-order valence-corrected chi connectivity index (χ0v) is 13.1. The monoisotopic (exact) mass is 353 g/mol. The summed E-state index contributed by atoms with van der Waals surface area (Å²) in [7, 11) is 1.24. The van der Waals surface area contributed by atoms with Gasteiger partial charge in [-0.25, -0.2) is 4.79 Å². The Labute approximate surface area is 141 Å². The fourth-order valence-corrected chi connectivity index (χ4v) is 1.93. The first-order chi connectivity index (χ1) is 11.8. The molecule has 0 saturated carbocycles. The molecular weight excluding hydrogens is 339 g/mol. The van der Waals surface area contributed by atoms with E-state index in [9.17, 15) is 22.8 Å². The number of anilines is 1. The van der Waals surface area contributed by atoms with Gasteiger partial charge in [-0.1, -0.05) is 12.1 Å². The second-order valence-corrected chi connectivity index (χ2v) is 4.92.